The van der Waals surface area contributed by atoms with Crippen molar-refractivity contribution in [1.29, 1.82) is 0 Å². The van der Waals surface area contributed by atoms with Crippen LogP contribution in [-0.4, -0.2) is 24.5 Å². The van der Waals surface area contributed by atoms with Crippen molar-refractivity contribution in [3.05, 3.63) is 47.5 Å². The van der Waals surface area contributed by atoms with E-state index in [-0.39, 0.29) is 17.8 Å². The minimum absolute atomic E-state index is 0.0503. The molecule has 3 atom stereocenters. The Morgan fingerprint density at radius 2 is 2.09 bits per heavy atom. The number of fused-ring (bicyclic) bond motifs is 1. The van der Waals surface area contributed by atoms with Gasteiger partial charge in [-0.15, -0.1) is 0 Å². The van der Waals surface area contributed by atoms with Crippen LogP contribution in [0.1, 0.15) is 25.8 Å². The second-order valence-corrected chi connectivity index (χ2v) is 6.07. The summed E-state index contributed by atoms with van der Waals surface area (Å²) in [5, 5.41) is 2.88. The van der Waals surface area contributed by atoms with Gasteiger partial charge in [-0.3, -0.25) is 4.79 Å². The molecule has 0 bridgehead atoms. The summed E-state index contributed by atoms with van der Waals surface area (Å²) in [5.74, 6) is -0.427. The molecule has 1 saturated heterocycles. The topological polar surface area (TPSA) is 55.4 Å². The monoisotopic (exact) mass is 299 g/mol. The summed E-state index contributed by atoms with van der Waals surface area (Å²) in [6.45, 7) is 4.11. The number of nitrogens with one attached hydrogen (secondary N) is 1. The highest BCUT2D eigenvalue weighted by molar-refractivity contribution is 5.96. The molecule has 0 unspecified atom stereocenters. The normalized spacial score (nSPS) is 29.7. The zero-order chi connectivity index (χ0) is 15.7. The molecule has 2 aliphatic rings. The van der Waals surface area contributed by atoms with Gasteiger partial charge < -0.3 is 10.1 Å². The molecule has 116 valence electrons. The third kappa shape index (κ3) is 2.14. The Kier molecular flexibility index (Phi) is 3.77. The summed E-state index contributed by atoms with van der Waals surface area (Å²) in [7, 11) is 0. The molecule has 1 heterocycles. The summed E-state index contributed by atoms with van der Waals surface area (Å²) in [4.78, 5) is 24.9. The van der Waals surface area contributed by atoms with E-state index in [1.54, 1.807) is 6.92 Å². The quantitative estimate of drug-likeness (QED) is 0.685. The first-order valence-corrected chi connectivity index (χ1v) is 7.78. The Hall–Kier alpha value is -2.10. The predicted molar refractivity (Wildman–Crippen MR) is 83.0 cm³/mol. The van der Waals surface area contributed by atoms with E-state index in [1.807, 2.05) is 37.3 Å². The lowest BCUT2D eigenvalue weighted by atomic mass is 9.70. The summed E-state index contributed by atoms with van der Waals surface area (Å²) in [6, 6.07) is 9.44. The van der Waals surface area contributed by atoms with Crippen LogP contribution >= 0.6 is 0 Å². The minimum Gasteiger partial charge on any atom is -0.464 e. The van der Waals surface area contributed by atoms with E-state index < -0.39 is 11.5 Å². The van der Waals surface area contributed by atoms with Crippen LogP contribution < -0.4 is 5.32 Å². The maximum atomic E-state index is 12.8. The van der Waals surface area contributed by atoms with Gasteiger partial charge in [-0.05, 0) is 32.3 Å². The third-order valence-electron chi connectivity index (χ3n) is 4.98. The molecule has 1 aliphatic carbocycles. The van der Waals surface area contributed by atoms with Crippen molar-refractivity contribution in [2.75, 3.05) is 6.61 Å². The average molecular weight is 299 g/mol. The van der Waals surface area contributed by atoms with Gasteiger partial charge >= 0.3 is 5.97 Å². The number of hydrogen-bond donors (Lipinski definition) is 1. The Morgan fingerprint density at radius 3 is 2.77 bits per heavy atom. The molecule has 1 amide bonds. The fourth-order valence-corrected chi connectivity index (χ4v) is 3.84. The van der Waals surface area contributed by atoms with Crippen LogP contribution in [0.4, 0.5) is 0 Å². The number of hydrogen-bond acceptors (Lipinski definition) is 3. The molecular weight excluding hydrogens is 278 g/mol. The molecule has 1 fully saturated rings. The lowest BCUT2D eigenvalue weighted by molar-refractivity contribution is -0.146. The average Bonchev–Trinajstić information content (AvgIpc) is 2.98. The van der Waals surface area contributed by atoms with Crippen molar-refractivity contribution in [3.63, 3.8) is 0 Å². The van der Waals surface area contributed by atoms with Crippen molar-refractivity contribution in [2.24, 2.45) is 11.3 Å². The molecule has 0 saturated carbocycles. The van der Waals surface area contributed by atoms with Crippen molar-refractivity contribution in [2.45, 2.75) is 32.7 Å². The van der Waals surface area contributed by atoms with Crippen molar-refractivity contribution >= 4 is 11.9 Å². The highest BCUT2D eigenvalue weighted by Crippen LogP contribution is 2.51. The van der Waals surface area contributed by atoms with E-state index in [0.29, 0.717) is 13.0 Å². The number of rotatable bonds is 4. The number of ether oxygens (including phenoxy) is 1. The molecule has 3 rings (SSSR count). The first kappa shape index (κ1) is 14.8. The summed E-state index contributed by atoms with van der Waals surface area (Å²) in [5.41, 5.74) is 1.56. The van der Waals surface area contributed by atoms with E-state index in [2.05, 4.69) is 11.4 Å². The lowest BCUT2D eigenvalue weighted by Crippen LogP contribution is -2.38. The molecule has 4 heteroatoms. The van der Waals surface area contributed by atoms with Crippen LogP contribution in [0.2, 0.25) is 0 Å². The van der Waals surface area contributed by atoms with E-state index >= 15 is 0 Å². The van der Waals surface area contributed by atoms with E-state index in [9.17, 15) is 9.59 Å². The van der Waals surface area contributed by atoms with Gasteiger partial charge in [0.15, 0.2) is 0 Å². The molecule has 4 nitrogen and oxygen atoms in total. The highest BCUT2D eigenvalue weighted by atomic mass is 16.5. The number of amides is 1. The molecule has 0 radical (unpaired) electrons. The number of esters is 1. The van der Waals surface area contributed by atoms with Gasteiger partial charge in [-0.1, -0.05) is 42.0 Å². The number of carbonyl (C=O) groups excluding carboxylic acids is 2. The summed E-state index contributed by atoms with van der Waals surface area (Å²) >= 11 is 0. The summed E-state index contributed by atoms with van der Waals surface area (Å²) in [6.07, 6.45) is 3.46. The minimum atomic E-state index is -0.612. The Labute approximate surface area is 130 Å². The van der Waals surface area contributed by atoms with Gasteiger partial charge in [0.25, 0.3) is 0 Å². The van der Waals surface area contributed by atoms with Gasteiger partial charge in [0, 0.05) is 5.92 Å². The number of carbonyl (C=O) groups is 2. The van der Waals surface area contributed by atoms with Crippen molar-refractivity contribution in [1.82, 2.24) is 5.32 Å². The molecule has 1 aromatic carbocycles. The maximum absolute atomic E-state index is 12.8. The molecule has 1 aromatic rings. The maximum Gasteiger partial charge on any atom is 0.328 e. The smallest absolute Gasteiger partial charge is 0.328 e. The lowest BCUT2D eigenvalue weighted by Gasteiger charge is -2.29. The Bertz CT molecular complexity index is 622. The van der Waals surface area contributed by atoms with Crippen LogP contribution in [0.3, 0.4) is 0 Å². The zero-order valence-electron chi connectivity index (χ0n) is 13.0. The molecule has 22 heavy (non-hydrogen) atoms. The zero-order valence-corrected chi connectivity index (χ0v) is 13.0. The molecule has 0 aromatic heterocycles. The van der Waals surface area contributed by atoms with Gasteiger partial charge in [0.2, 0.25) is 5.91 Å². The highest BCUT2D eigenvalue weighted by Gasteiger charge is 2.60. The molecule has 1 aliphatic heterocycles. The van der Waals surface area contributed by atoms with Crippen molar-refractivity contribution < 1.29 is 14.3 Å². The Morgan fingerprint density at radius 1 is 1.36 bits per heavy atom. The first-order chi connectivity index (χ1) is 10.6. The SMILES string of the molecule is CCOC(=O)[C@H]1NC(=O)[C@]2(Cc3ccccc3)C(C)=CC[C@H]12. The van der Waals surface area contributed by atoms with Gasteiger partial charge in [0.1, 0.15) is 6.04 Å². The number of benzene rings is 1. The standard InChI is InChI=1S/C18H21NO3/c1-3-22-16(20)15-14-10-9-12(2)18(14,17(21)19-15)11-13-7-5-4-6-8-13/h4-9,14-15H,3,10-11H2,1-2H3,(H,19,21)/t14-,15+,18-/m1/s1. The Balaban J connectivity index is 1.94. The van der Waals surface area contributed by atoms with E-state index in [4.69, 9.17) is 4.74 Å². The largest absolute Gasteiger partial charge is 0.464 e. The fraction of sp³-hybridized carbons (Fsp3) is 0.444. The molecule has 0 spiro atoms. The second kappa shape index (κ2) is 5.59. The molecule has 1 N–H and O–H groups in total. The van der Waals surface area contributed by atoms with Crippen LogP contribution in [0, 0.1) is 11.3 Å². The van der Waals surface area contributed by atoms with Crippen molar-refractivity contribution in [3.8, 4) is 0 Å². The van der Waals surface area contributed by atoms with Gasteiger partial charge in [-0.25, -0.2) is 4.79 Å². The fourth-order valence-electron chi connectivity index (χ4n) is 3.84. The third-order valence-corrected chi connectivity index (χ3v) is 4.98. The van der Waals surface area contributed by atoms with Gasteiger partial charge in [-0.2, -0.15) is 0 Å². The van der Waals surface area contributed by atoms with Gasteiger partial charge in [0.05, 0.1) is 12.0 Å². The molecular formula is C18H21NO3. The predicted octanol–water partition coefficient (Wildman–Crippen LogP) is 2.24. The van der Waals surface area contributed by atoms with Crippen LogP contribution in [0.25, 0.3) is 0 Å². The second-order valence-electron chi connectivity index (χ2n) is 6.07. The number of allylic oxidation sites excluding steroid dienone is 1. The van der Waals surface area contributed by atoms with E-state index in [0.717, 1.165) is 17.6 Å². The van der Waals surface area contributed by atoms with Crippen LogP contribution in [0.15, 0.2) is 42.0 Å². The van der Waals surface area contributed by atoms with E-state index in [1.165, 1.54) is 0 Å². The van der Waals surface area contributed by atoms with Crippen LogP contribution in [-0.2, 0) is 20.7 Å². The first-order valence-electron chi connectivity index (χ1n) is 7.78. The summed E-state index contributed by atoms with van der Waals surface area (Å²) < 4.78 is 5.14. The van der Waals surface area contributed by atoms with Crippen LogP contribution in [0.5, 0.6) is 0 Å².